The molecule has 2 unspecified atom stereocenters. The molecule has 3 amide bonds. The summed E-state index contributed by atoms with van der Waals surface area (Å²) < 4.78 is 13.2. The number of carbonyl (C=O) groups excluding carboxylic acids is 3. The Balaban J connectivity index is 1.33. The number of fused-ring (bicyclic) bond motifs is 2. The largest absolute Gasteiger partial charge is 0.346 e. The summed E-state index contributed by atoms with van der Waals surface area (Å²) in [5, 5.41) is 2.92. The standard InChI is InChI=1S/C28H26FN3O3/c1-18(20-12-14-22(29)15-13-20)30-26(33)21-10-8-19(9-11-21)17-32-24-6-3-2-5-23(24)27(34)31-16-4-7-25(31)28(32)35/h2-3,5-6,8-15,18,25H,4,7,16-17H2,1H3,(H,30,33). The number of halogens is 1. The predicted molar refractivity (Wildman–Crippen MR) is 130 cm³/mol. The number of benzene rings is 3. The van der Waals surface area contributed by atoms with Gasteiger partial charge in [0.05, 0.1) is 23.8 Å². The number of nitrogens with one attached hydrogen (secondary N) is 1. The minimum Gasteiger partial charge on any atom is -0.346 e. The lowest BCUT2D eigenvalue weighted by Gasteiger charge is -2.26. The zero-order valence-electron chi connectivity index (χ0n) is 19.4. The molecular weight excluding hydrogens is 445 g/mol. The van der Waals surface area contributed by atoms with Crippen molar-refractivity contribution in [2.75, 3.05) is 11.4 Å². The number of hydrogen-bond donors (Lipinski definition) is 1. The van der Waals surface area contributed by atoms with E-state index >= 15 is 0 Å². The first-order chi connectivity index (χ1) is 16.9. The van der Waals surface area contributed by atoms with Gasteiger partial charge in [-0.1, -0.05) is 36.4 Å². The van der Waals surface area contributed by atoms with Crippen LogP contribution in [0.5, 0.6) is 0 Å². The van der Waals surface area contributed by atoms with Gasteiger partial charge in [0.1, 0.15) is 11.9 Å². The van der Waals surface area contributed by atoms with Gasteiger partial charge in [-0.05, 0) is 67.3 Å². The van der Waals surface area contributed by atoms with Crippen molar-refractivity contribution in [1.82, 2.24) is 10.2 Å². The van der Waals surface area contributed by atoms with E-state index in [1.54, 1.807) is 40.1 Å². The number of para-hydroxylation sites is 1. The summed E-state index contributed by atoms with van der Waals surface area (Å²) in [5.74, 6) is -0.730. The van der Waals surface area contributed by atoms with E-state index in [1.807, 2.05) is 37.3 Å². The lowest BCUT2D eigenvalue weighted by Crippen LogP contribution is -2.44. The van der Waals surface area contributed by atoms with E-state index in [-0.39, 0.29) is 29.6 Å². The number of hydrogen-bond acceptors (Lipinski definition) is 3. The second-order valence-electron chi connectivity index (χ2n) is 9.04. The van der Waals surface area contributed by atoms with Gasteiger partial charge in [0.15, 0.2) is 0 Å². The van der Waals surface area contributed by atoms with Gasteiger partial charge in [-0.2, -0.15) is 0 Å². The lowest BCUT2D eigenvalue weighted by molar-refractivity contribution is -0.122. The topological polar surface area (TPSA) is 69.7 Å². The zero-order valence-corrected chi connectivity index (χ0v) is 19.4. The van der Waals surface area contributed by atoms with E-state index in [4.69, 9.17) is 0 Å². The Bertz CT molecular complexity index is 1270. The monoisotopic (exact) mass is 471 g/mol. The van der Waals surface area contributed by atoms with Crippen molar-refractivity contribution in [3.8, 4) is 0 Å². The molecule has 1 N–H and O–H groups in total. The molecule has 0 bridgehead atoms. The van der Waals surface area contributed by atoms with E-state index in [2.05, 4.69) is 5.32 Å². The van der Waals surface area contributed by atoms with Crippen LogP contribution in [0.15, 0.2) is 72.8 Å². The fraction of sp³-hybridized carbons (Fsp3) is 0.250. The van der Waals surface area contributed by atoms with Crippen LogP contribution in [0, 0.1) is 5.82 Å². The Morgan fingerprint density at radius 1 is 1.03 bits per heavy atom. The Morgan fingerprint density at radius 3 is 2.49 bits per heavy atom. The second-order valence-corrected chi connectivity index (χ2v) is 9.04. The number of anilines is 1. The average molecular weight is 472 g/mol. The van der Waals surface area contributed by atoms with Crippen molar-refractivity contribution in [3.05, 3.63) is 101 Å². The number of nitrogens with zero attached hydrogens (tertiary/aromatic N) is 2. The summed E-state index contributed by atoms with van der Waals surface area (Å²) in [6.45, 7) is 2.74. The van der Waals surface area contributed by atoms with E-state index in [0.29, 0.717) is 36.3 Å². The number of rotatable bonds is 5. The lowest BCUT2D eigenvalue weighted by atomic mass is 10.1. The van der Waals surface area contributed by atoms with Crippen molar-refractivity contribution < 1.29 is 18.8 Å². The molecular formula is C28H26FN3O3. The molecule has 3 aromatic carbocycles. The van der Waals surface area contributed by atoms with Gasteiger partial charge in [-0.15, -0.1) is 0 Å². The van der Waals surface area contributed by atoms with E-state index in [0.717, 1.165) is 17.5 Å². The summed E-state index contributed by atoms with van der Waals surface area (Å²) in [4.78, 5) is 42.6. The summed E-state index contributed by atoms with van der Waals surface area (Å²) in [6.07, 6.45) is 1.48. The first-order valence-electron chi connectivity index (χ1n) is 11.8. The summed E-state index contributed by atoms with van der Waals surface area (Å²) >= 11 is 0. The van der Waals surface area contributed by atoms with Crippen LogP contribution in [-0.4, -0.2) is 35.2 Å². The first-order valence-corrected chi connectivity index (χ1v) is 11.8. The Hall–Kier alpha value is -4.00. The van der Waals surface area contributed by atoms with Gasteiger partial charge in [-0.25, -0.2) is 4.39 Å². The van der Waals surface area contributed by atoms with Gasteiger partial charge in [0.2, 0.25) is 5.91 Å². The van der Waals surface area contributed by atoms with Gasteiger partial charge in [0, 0.05) is 12.1 Å². The fourth-order valence-corrected chi connectivity index (χ4v) is 4.83. The van der Waals surface area contributed by atoms with Crippen molar-refractivity contribution in [2.24, 2.45) is 0 Å². The Morgan fingerprint density at radius 2 is 1.74 bits per heavy atom. The zero-order chi connectivity index (χ0) is 24.5. The predicted octanol–water partition coefficient (Wildman–Crippen LogP) is 4.47. The molecule has 2 aliphatic rings. The summed E-state index contributed by atoms with van der Waals surface area (Å²) in [5.41, 5.74) is 3.31. The smallest absolute Gasteiger partial charge is 0.256 e. The van der Waals surface area contributed by atoms with Gasteiger partial charge in [0.25, 0.3) is 11.8 Å². The van der Waals surface area contributed by atoms with Crippen molar-refractivity contribution in [2.45, 2.75) is 38.4 Å². The van der Waals surface area contributed by atoms with Gasteiger partial charge < -0.3 is 15.1 Å². The molecule has 178 valence electrons. The molecule has 2 atom stereocenters. The maximum Gasteiger partial charge on any atom is 0.256 e. The van der Waals surface area contributed by atoms with Crippen LogP contribution in [0.4, 0.5) is 10.1 Å². The van der Waals surface area contributed by atoms with E-state index in [9.17, 15) is 18.8 Å². The van der Waals surface area contributed by atoms with Crippen molar-refractivity contribution in [1.29, 1.82) is 0 Å². The highest BCUT2D eigenvalue weighted by Gasteiger charge is 2.41. The van der Waals surface area contributed by atoms with Gasteiger partial charge in [-0.3, -0.25) is 14.4 Å². The molecule has 0 radical (unpaired) electrons. The molecule has 6 nitrogen and oxygen atoms in total. The minimum atomic E-state index is -0.437. The summed E-state index contributed by atoms with van der Waals surface area (Å²) in [6, 6.07) is 19.7. The highest BCUT2D eigenvalue weighted by molar-refractivity contribution is 6.11. The molecule has 2 heterocycles. The normalized spacial score (nSPS) is 18.1. The number of amides is 3. The summed E-state index contributed by atoms with van der Waals surface area (Å²) in [7, 11) is 0. The highest BCUT2D eigenvalue weighted by atomic mass is 19.1. The van der Waals surface area contributed by atoms with Crippen molar-refractivity contribution >= 4 is 23.4 Å². The molecule has 2 aliphatic heterocycles. The minimum absolute atomic E-state index is 0.0734. The molecule has 35 heavy (non-hydrogen) atoms. The second kappa shape index (κ2) is 9.33. The SMILES string of the molecule is CC(NC(=O)c1ccc(CN2C(=O)C3CCCN3C(=O)c3ccccc32)cc1)c1ccc(F)cc1. The van der Waals surface area contributed by atoms with Crippen LogP contribution in [0.2, 0.25) is 0 Å². The quantitative estimate of drug-likeness (QED) is 0.597. The first kappa shape index (κ1) is 22.8. The van der Waals surface area contributed by atoms with Gasteiger partial charge >= 0.3 is 0 Å². The van der Waals surface area contributed by atoms with Crippen LogP contribution in [0.25, 0.3) is 0 Å². The Kier molecular flexibility index (Phi) is 6.07. The molecule has 0 spiro atoms. The third-order valence-corrected chi connectivity index (χ3v) is 6.76. The maximum absolute atomic E-state index is 13.4. The van der Waals surface area contributed by atoms with Crippen LogP contribution >= 0.6 is 0 Å². The van der Waals surface area contributed by atoms with Crippen LogP contribution in [0.1, 0.15) is 57.7 Å². The maximum atomic E-state index is 13.4. The molecule has 3 aromatic rings. The molecule has 1 saturated heterocycles. The molecule has 0 aromatic heterocycles. The Labute approximate surface area is 203 Å². The molecule has 0 saturated carbocycles. The van der Waals surface area contributed by atoms with E-state index < -0.39 is 6.04 Å². The van der Waals surface area contributed by atoms with E-state index in [1.165, 1.54) is 12.1 Å². The molecule has 1 fully saturated rings. The van der Waals surface area contributed by atoms with Crippen LogP contribution < -0.4 is 10.2 Å². The number of carbonyl (C=O) groups is 3. The molecule has 5 rings (SSSR count). The van der Waals surface area contributed by atoms with Crippen molar-refractivity contribution in [3.63, 3.8) is 0 Å². The third-order valence-electron chi connectivity index (χ3n) is 6.76. The fourth-order valence-electron chi connectivity index (χ4n) is 4.83. The molecule has 0 aliphatic carbocycles. The van der Waals surface area contributed by atoms with Crippen LogP contribution in [-0.2, 0) is 11.3 Å². The third kappa shape index (κ3) is 4.41. The highest BCUT2D eigenvalue weighted by Crippen LogP contribution is 2.33. The molecule has 7 heteroatoms. The average Bonchev–Trinajstić information content (AvgIpc) is 3.35. The van der Waals surface area contributed by atoms with Crippen LogP contribution in [0.3, 0.4) is 0 Å².